The van der Waals surface area contributed by atoms with Crippen LogP contribution in [0, 0.1) is 0 Å². The van der Waals surface area contributed by atoms with Crippen LogP contribution in [0.15, 0.2) is 18.2 Å². The van der Waals surface area contributed by atoms with Crippen LogP contribution in [-0.4, -0.2) is 35.3 Å². The molecule has 3 nitrogen and oxygen atoms in total. The van der Waals surface area contributed by atoms with Crippen LogP contribution in [0.3, 0.4) is 0 Å². The highest BCUT2D eigenvalue weighted by Crippen LogP contribution is 2.27. The third-order valence-corrected chi connectivity index (χ3v) is 5.64. The quantitative estimate of drug-likeness (QED) is 0.913. The molecule has 2 aliphatic heterocycles. The standard InChI is InChI=1S/C15H22N2OS/c1-17-7-4-13-10-12(2-3-15(13)17)11-16-14-5-8-19(18)9-6-14/h2-3,10,14,16H,4-9,11H2,1H3. The Morgan fingerprint density at radius 3 is 2.95 bits per heavy atom. The molecule has 1 aromatic rings. The van der Waals surface area contributed by atoms with Crippen molar-refractivity contribution in [3.8, 4) is 0 Å². The Labute approximate surface area is 117 Å². The van der Waals surface area contributed by atoms with Crippen molar-refractivity contribution in [3.63, 3.8) is 0 Å². The Morgan fingerprint density at radius 1 is 1.37 bits per heavy atom. The van der Waals surface area contributed by atoms with E-state index < -0.39 is 10.8 Å². The number of hydrogen-bond donors (Lipinski definition) is 1. The lowest BCUT2D eigenvalue weighted by atomic mass is 10.1. The lowest BCUT2D eigenvalue weighted by Crippen LogP contribution is -2.35. The molecule has 1 saturated heterocycles. The van der Waals surface area contributed by atoms with E-state index in [2.05, 4.69) is 35.5 Å². The molecule has 0 unspecified atom stereocenters. The Hall–Kier alpha value is -0.870. The van der Waals surface area contributed by atoms with Crippen molar-refractivity contribution < 1.29 is 4.21 Å². The molecule has 19 heavy (non-hydrogen) atoms. The molecule has 1 aromatic carbocycles. The van der Waals surface area contributed by atoms with Crippen molar-refractivity contribution in [2.75, 3.05) is 30.0 Å². The first-order valence-electron chi connectivity index (χ1n) is 7.13. The summed E-state index contributed by atoms with van der Waals surface area (Å²) in [5.74, 6) is 1.74. The molecule has 0 saturated carbocycles. The maximum Gasteiger partial charge on any atom is 0.0397 e. The van der Waals surface area contributed by atoms with Gasteiger partial charge in [0.05, 0.1) is 0 Å². The summed E-state index contributed by atoms with van der Waals surface area (Å²) in [7, 11) is 1.60. The van der Waals surface area contributed by atoms with Gasteiger partial charge in [0.1, 0.15) is 0 Å². The highest BCUT2D eigenvalue weighted by Gasteiger charge is 2.18. The van der Waals surface area contributed by atoms with Gasteiger partial charge < -0.3 is 10.2 Å². The van der Waals surface area contributed by atoms with Gasteiger partial charge in [0, 0.05) is 54.2 Å². The average Bonchev–Trinajstić information content (AvgIpc) is 2.79. The minimum absolute atomic E-state index is 0.550. The molecule has 1 fully saturated rings. The molecule has 0 atom stereocenters. The fraction of sp³-hybridized carbons (Fsp3) is 0.600. The van der Waals surface area contributed by atoms with E-state index in [9.17, 15) is 4.21 Å². The Morgan fingerprint density at radius 2 is 2.16 bits per heavy atom. The number of nitrogens with one attached hydrogen (secondary N) is 1. The van der Waals surface area contributed by atoms with E-state index >= 15 is 0 Å². The molecule has 3 rings (SSSR count). The molecular weight excluding hydrogens is 256 g/mol. The van der Waals surface area contributed by atoms with Gasteiger partial charge in [-0.15, -0.1) is 0 Å². The Balaban J connectivity index is 1.57. The zero-order valence-electron chi connectivity index (χ0n) is 11.5. The number of rotatable bonds is 3. The molecule has 4 heteroatoms. The average molecular weight is 278 g/mol. The van der Waals surface area contributed by atoms with Crippen LogP contribution in [0.25, 0.3) is 0 Å². The van der Waals surface area contributed by atoms with Crippen molar-refractivity contribution in [1.82, 2.24) is 5.32 Å². The van der Waals surface area contributed by atoms with Crippen LogP contribution in [0.4, 0.5) is 5.69 Å². The van der Waals surface area contributed by atoms with Crippen LogP contribution >= 0.6 is 0 Å². The summed E-state index contributed by atoms with van der Waals surface area (Å²) in [5.41, 5.74) is 4.24. The fourth-order valence-corrected chi connectivity index (χ4v) is 4.29. The van der Waals surface area contributed by atoms with E-state index in [0.29, 0.717) is 6.04 Å². The largest absolute Gasteiger partial charge is 0.374 e. The molecule has 2 heterocycles. The van der Waals surface area contributed by atoms with Crippen LogP contribution in [0.2, 0.25) is 0 Å². The van der Waals surface area contributed by atoms with Crippen LogP contribution in [0.1, 0.15) is 24.0 Å². The number of hydrogen-bond acceptors (Lipinski definition) is 3. The summed E-state index contributed by atoms with van der Waals surface area (Å²) in [4.78, 5) is 2.32. The molecule has 0 aromatic heterocycles. The van der Waals surface area contributed by atoms with Gasteiger partial charge in [-0.1, -0.05) is 12.1 Å². The van der Waals surface area contributed by atoms with Crippen molar-refractivity contribution in [2.24, 2.45) is 0 Å². The minimum atomic E-state index is -0.558. The summed E-state index contributed by atoms with van der Waals surface area (Å²) in [6.45, 7) is 2.08. The number of nitrogens with zero attached hydrogens (tertiary/aromatic N) is 1. The molecular formula is C15H22N2OS. The summed E-state index contributed by atoms with van der Waals surface area (Å²) in [6, 6.07) is 7.37. The third-order valence-electron chi connectivity index (χ3n) is 4.25. The van der Waals surface area contributed by atoms with Gasteiger partial charge in [0.2, 0.25) is 0 Å². The van der Waals surface area contributed by atoms with Gasteiger partial charge in [-0.05, 0) is 36.5 Å². The molecule has 2 aliphatic rings. The molecule has 104 valence electrons. The second-order valence-electron chi connectivity index (χ2n) is 5.64. The highest BCUT2D eigenvalue weighted by molar-refractivity contribution is 7.85. The maximum atomic E-state index is 11.3. The molecule has 0 aliphatic carbocycles. The van der Waals surface area contributed by atoms with Gasteiger partial charge in [0.15, 0.2) is 0 Å². The highest BCUT2D eigenvalue weighted by atomic mass is 32.2. The Bertz CT molecular complexity index is 479. The summed E-state index contributed by atoms with van der Waals surface area (Å²) in [6.07, 6.45) is 3.28. The normalized spacial score (nSPS) is 26.5. The van der Waals surface area contributed by atoms with Gasteiger partial charge >= 0.3 is 0 Å². The van der Waals surface area contributed by atoms with E-state index in [1.54, 1.807) is 0 Å². The lowest BCUT2D eigenvalue weighted by Gasteiger charge is -2.22. The zero-order valence-corrected chi connectivity index (χ0v) is 12.3. The summed E-state index contributed by atoms with van der Waals surface area (Å²) >= 11 is 0. The van der Waals surface area contributed by atoms with Crippen molar-refractivity contribution in [3.05, 3.63) is 29.3 Å². The summed E-state index contributed by atoms with van der Waals surface area (Å²) < 4.78 is 11.3. The van der Waals surface area contributed by atoms with Crippen molar-refractivity contribution in [1.29, 1.82) is 0 Å². The minimum Gasteiger partial charge on any atom is -0.374 e. The van der Waals surface area contributed by atoms with Crippen LogP contribution < -0.4 is 10.2 Å². The summed E-state index contributed by atoms with van der Waals surface area (Å²) in [5, 5.41) is 3.61. The van der Waals surface area contributed by atoms with Gasteiger partial charge in [-0.25, -0.2) is 0 Å². The first-order chi connectivity index (χ1) is 9.22. The molecule has 1 N–H and O–H groups in total. The molecule has 0 amide bonds. The first kappa shape index (κ1) is 13.1. The van der Waals surface area contributed by atoms with Gasteiger partial charge in [-0.2, -0.15) is 0 Å². The lowest BCUT2D eigenvalue weighted by molar-refractivity contribution is 0.475. The topological polar surface area (TPSA) is 32.3 Å². The van der Waals surface area contributed by atoms with E-state index in [1.165, 1.54) is 23.2 Å². The molecule has 0 bridgehead atoms. The monoisotopic (exact) mass is 278 g/mol. The fourth-order valence-electron chi connectivity index (χ4n) is 2.99. The van der Waals surface area contributed by atoms with Crippen LogP contribution in [-0.2, 0) is 23.8 Å². The predicted molar refractivity (Wildman–Crippen MR) is 81.2 cm³/mol. The zero-order chi connectivity index (χ0) is 13.2. The molecule has 0 spiro atoms. The van der Waals surface area contributed by atoms with Crippen molar-refractivity contribution in [2.45, 2.75) is 31.8 Å². The number of benzene rings is 1. The predicted octanol–water partition coefficient (Wildman–Crippen LogP) is 1.68. The third kappa shape index (κ3) is 3.00. The first-order valence-corrected chi connectivity index (χ1v) is 8.62. The van der Waals surface area contributed by atoms with E-state index in [0.717, 1.165) is 37.4 Å². The SMILES string of the molecule is CN1CCc2cc(CNC3CCS(=O)CC3)ccc21. The maximum absolute atomic E-state index is 11.3. The number of fused-ring (bicyclic) bond motifs is 1. The van der Waals surface area contributed by atoms with Gasteiger partial charge in [-0.3, -0.25) is 4.21 Å². The number of anilines is 1. The van der Waals surface area contributed by atoms with Gasteiger partial charge in [0.25, 0.3) is 0 Å². The van der Waals surface area contributed by atoms with Crippen molar-refractivity contribution >= 4 is 16.5 Å². The Kier molecular flexibility index (Phi) is 3.89. The smallest absolute Gasteiger partial charge is 0.0397 e. The second-order valence-corrected chi connectivity index (χ2v) is 7.33. The van der Waals surface area contributed by atoms with Crippen LogP contribution in [0.5, 0.6) is 0 Å². The number of likely N-dealkylation sites (N-methyl/N-ethyl adjacent to an activating group) is 1. The van der Waals surface area contributed by atoms with E-state index in [4.69, 9.17) is 0 Å². The van der Waals surface area contributed by atoms with E-state index in [1.807, 2.05) is 0 Å². The van der Waals surface area contributed by atoms with E-state index in [-0.39, 0.29) is 0 Å². The second kappa shape index (κ2) is 5.63. The molecule has 0 radical (unpaired) electrons.